The fourth-order valence-electron chi connectivity index (χ4n) is 4.82. The minimum atomic E-state index is -3.48. The first-order chi connectivity index (χ1) is 17.1. The highest BCUT2D eigenvalue weighted by Crippen LogP contribution is 2.31. The maximum absolute atomic E-state index is 12.7. The molecule has 36 heavy (non-hydrogen) atoms. The Morgan fingerprint density at radius 2 is 1.78 bits per heavy atom. The third kappa shape index (κ3) is 5.90. The van der Waals surface area contributed by atoms with E-state index in [0.29, 0.717) is 23.8 Å². The molecule has 1 heterocycles. The van der Waals surface area contributed by atoms with E-state index < -0.39 is 10.0 Å². The summed E-state index contributed by atoms with van der Waals surface area (Å²) >= 11 is 0. The van der Waals surface area contributed by atoms with Gasteiger partial charge < -0.3 is 10.2 Å². The molecular formula is C29H35N3O3S. The number of rotatable bonds is 9. The van der Waals surface area contributed by atoms with Gasteiger partial charge in [0.15, 0.2) is 0 Å². The van der Waals surface area contributed by atoms with Crippen molar-refractivity contribution in [3.63, 3.8) is 0 Å². The van der Waals surface area contributed by atoms with Crippen LogP contribution in [0.3, 0.4) is 0 Å². The zero-order chi connectivity index (χ0) is 25.9. The molecule has 7 heteroatoms. The quantitative estimate of drug-likeness (QED) is 0.423. The molecule has 1 atom stereocenters. The van der Waals surface area contributed by atoms with Crippen LogP contribution in [0.2, 0.25) is 0 Å². The number of amides is 1. The Balaban J connectivity index is 1.34. The SMILES string of the molecule is Cc1ccc(C)c(N(Cc2ccc(C(=O)NCCCN3c4ccccc4C[C@H]3C)cc2)S(C)(=O)=O)c1. The van der Waals surface area contributed by atoms with Crippen LogP contribution in [0.5, 0.6) is 0 Å². The van der Waals surface area contributed by atoms with Crippen LogP contribution in [0.4, 0.5) is 11.4 Å². The Labute approximate surface area is 215 Å². The number of nitrogens with zero attached hydrogens (tertiary/aromatic N) is 2. The summed E-state index contributed by atoms with van der Waals surface area (Å²) in [5.41, 5.74) is 6.65. The van der Waals surface area contributed by atoms with E-state index in [1.165, 1.54) is 21.8 Å². The molecule has 0 unspecified atom stereocenters. The summed E-state index contributed by atoms with van der Waals surface area (Å²) in [5.74, 6) is -0.120. The first kappa shape index (κ1) is 25.8. The van der Waals surface area contributed by atoms with E-state index in [1.807, 2.05) is 44.2 Å². The molecule has 0 saturated carbocycles. The number of aryl methyl sites for hydroxylation is 2. The van der Waals surface area contributed by atoms with Gasteiger partial charge in [0.25, 0.3) is 5.91 Å². The molecule has 190 valence electrons. The van der Waals surface area contributed by atoms with E-state index in [0.717, 1.165) is 36.1 Å². The van der Waals surface area contributed by atoms with Crippen LogP contribution < -0.4 is 14.5 Å². The average Bonchev–Trinajstić information content (AvgIpc) is 3.16. The molecule has 0 bridgehead atoms. The predicted molar refractivity (Wildman–Crippen MR) is 147 cm³/mol. The van der Waals surface area contributed by atoms with Crippen molar-refractivity contribution in [3.8, 4) is 0 Å². The van der Waals surface area contributed by atoms with Crippen molar-refractivity contribution < 1.29 is 13.2 Å². The van der Waals surface area contributed by atoms with Crippen LogP contribution in [0.1, 0.15) is 46.0 Å². The van der Waals surface area contributed by atoms with Gasteiger partial charge in [0.05, 0.1) is 18.5 Å². The lowest BCUT2D eigenvalue weighted by Gasteiger charge is -2.25. The fraction of sp³-hybridized carbons (Fsp3) is 0.345. The van der Waals surface area contributed by atoms with Gasteiger partial charge in [-0.05, 0) is 80.1 Å². The van der Waals surface area contributed by atoms with E-state index in [4.69, 9.17) is 0 Å². The van der Waals surface area contributed by atoms with Gasteiger partial charge in [-0.25, -0.2) is 8.42 Å². The van der Waals surface area contributed by atoms with E-state index in [1.54, 1.807) is 12.1 Å². The summed E-state index contributed by atoms with van der Waals surface area (Å²) in [5, 5.41) is 3.01. The number of hydrogen-bond acceptors (Lipinski definition) is 4. The number of fused-ring (bicyclic) bond motifs is 1. The van der Waals surface area contributed by atoms with Gasteiger partial charge in [0.2, 0.25) is 10.0 Å². The third-order valence-corrected chi connectivity index (χ3v) is 7.91. The van der Waals surface area contributed by atoms with E-state index >= 15 is 0 Å². The van der Waals surface area contributed by atoms with Gasteiger partial charge in [-0.3, -0.25) is 9.10 Å². The molecule has 1 amide bonds. The minimum Gasteiger partial charge on any atom is -0.368 e. The monoisotopic (exact) mass is 505 g/mol. The van der Waals surface area contributed by atoms with Crippen LogP contribution >= 0.6 is 0 Å². The molecular weight excluding hydrogens is 470 g/mol. The van der Waals surface area contributed by atoms with Gasteiger partial charge in [0.1, 0.15) is 0 Å². The molecule has 1 N–H and O–H groups in total. The second kappa shape index (κ2) is 10.7. The number of para-hydroxylation sites is 1. The second-order valence-corrected chi connectivity index (χ2v) is 11.6. The molecule has 0 radical (unpaired) electrons. The van der Waals surface area contributed by atoms with E-state index in [-0.39, 0.29) is 12.5 Å². The molecule has 3 aromatic carbocycles. The van der Waals surface area contributed by atoms with Crippen LogP contribution in [0.25, 0.3) is 0 Å². The highest BCUT2D eigenvalue weighted by molar-refractivity contribution is 7.92. The molecule has 3 aromatic rings. The Bertz CT molecular complexity index is 1340. The lowest BCUT2D eigenvalue weighted by atomic mass is 10.1. The van der Waals surface area contributed by atoms with Crippen LogP contribution in [-0.4, -0.2) is 39.7 Å². The lowest BCUT2D eigenvalue weighted by molar-refractivity contribution is 0.0953. The summed E-state index contributed by atoms with van der Waals surface area (Å²) in [6.07, 6.45) is 3.15. The number of hydrogen-bond donors (Lipinski definition) is 1. The Hall–Kier alpha value is -3.32. The fourth-order valence-corrected chi connectivity index (χ4v) is 5.76. The largest absolute Gasteiger partial charge is 0.368 e. The molecule has 0 aromatic heterocycles. The predicted octanol–water partition coefficient (Wildman–Crippen LogP) is 4.84. The maximum atomic E-state index is 12.7. The summed E-state index contributed by atoms with van der Waals surface area (Å²) < 4.78 is 26.5. The number of sulfonamides is 1. The molecule has 1 aliphatic rings. The number of nitrogens with one attached hydrogen (secondary N) is 1. The van der Waals surface area contributed by atoms with Crippen molar-refractivity contribution in [2.45, 2.75) is 46.2 Å². The Morgan fingerprint density at radius 3 is 2.50 bits per heavy atom. The van der Waals surface area contributed by atoms with Crippen molar-refractivity contribution >= 4 is 27.3 Å². The Morgan fingerprint density at radius 1 is 1.06 bits per heavy atom. The molecule has 4 rings (SSSR count). The highest BCUT2D eigenvalue weighted by atomic mass is 32.2. The molecule has 0 fully saturated rings. The summed E-state index contributed by atoms with van der Waals surface area (Å²) in [7, 11) is -3.48. The first-order valence-corrected chi connectivity index (χ1v) is 14.2. The number of anilines is 2. The molecule has 1 aliphatic heterocycles. The number of carbonyl (C=O) groups excluding carboxylic acids is 1. The molecule has 0 aliphatic carbocycles. The van der Waals surface area contributed by atoms with Crippen LogP contribution in [0, 0.1) is 13.8 Å². The summed E-state index contributed by atoms with van der Waals surface area (Å²) in [6.45, 7) is 7.80. The first-order valence-electron chi connectivity index (χ1n) is 12.4. The van der Waals surface area contributed by atoms with Crippen molar-refractivity contribution in [1.29, 1.82) is 0 Å². The number of benzene rings is 3. The third-order valence-electron chi connectivity index (χ3n) is 6.79. The van der Waals surface area contributed by atoms with Crippen LogP contribution in [-0.2, 0) is 23.0 Å². The van der Waals surface area contributed by atoms with Crippen molar-refractivity contribution in [1.82, 2.24) is 5.32 Å². The van der Waals surface area contributed by atoms with Crippen molar-refractivity contribution in [2.24, 2.45) is 0 Å². The average molecular weight is 506 g/mol. The maximum Gasteiger partial charge on any atom is 0.251 e. The highest BCUT2D eigenvalue weighted by Gasteiger charge is 2.25. The van der Waals surface area contributed by atoms with Crippen molar-refractivity contribution in [2.75, 3.05) is 28.6 Å². The normalized spacial score (nSPS) is 15.0. The van der Waals surface area contributed by atoms with E-state index in [9.17, 15) is 13.2 Å². The zero-order valence-electron chi connectivity index (χ0n) is 21.5. The summed E-state index contributed by atoms with van der Waals surface area (Å²) in [6, 6.07) is 21.9. The van der Waals surface area contributed by atoms with Gasteiger partial charge in [-0.15, -0.1) is 0 Å². The molecule has 0 spiro atoms. The standard InChI is InChI=1S/C29H35N3O3S/c1-21-10-11-22(2)28(18-21)32(36(4,34)35)20-24-12-14-25(15-13-24)29(33)30-16-7-17-31-23(3)19-26-8-5-6-9-27(26)31/h5-6,8-15,18,23H,7,16-17,19-20H2,1-4H3,(H,30,33)/t23-/m1/s1. The van der Waals surface area contributed by atoms with Crippen LogP contribution in [0.15, 0.2) is 66.7 Å². The van der Waals surface area contributed by atoms with Gasteiger partial charge in [-0.1, -0.05) is 42.5 Å². The van der Waals surface area contributed by atoms with Gasteiger partial charge in [0, 0.05) is 30.4 Å². The zero-order valence-corrected chi connectivity index (χ0v) is 22.3. The van der Waals surface area contributed by atoms with E-state index in [2.05, 4.69) is 41.4 Å². The second-order valence-electron chi connectivity index (χ2n) is 9.74. The minimum absolute atomic E-state index is 0.120. The summed E-state index contributed by atoms with van der Waals surface area (Å²) in [4.78, 5) is 15.1. The lowest BCUT2D eigenvalue weighted by Crippen LogP contribution is -2.33. The van der Waals surface area contributed by atoms with Gasteiger partial charge in [-0.2, -0.15) is 0 Å². The molecule has 6 nitrogen and oxygen atoms in total. The molecule has 0 saturated heterocycles. The van der Waals surface area contributed by atoms with Gasteiger partial charge >= 0.3 is 0 Å². The smallest absolute Gasteiger partial charge is 0.251 e. The topological polar surface area (TPSA) is 69.7 Å². The van der Waals surface area contributed by atoms with Crippen molar-refractivity contribution in [3.05, 3.63) is 94.5 Å². The number of carbonyl (C=O) groups is 1. The Kier molecular flexibility index (Phi) is 7.69.